The van der Waals surface area contributed by atoms with Crippen LogP contribution in [0.2, 0.25) is 0 Å². The second kappa shape index (κ2) is 5.87. The van der Waals surface area contributed by atoms with Crippen molar-refractivity contribution in [3.8, 4) is 0 Å². The Kier molecular flexibility index (Phi) is 3.73. The van der Waals surface area contributed by atoms with E-state index in [4.69, 9.17) is 9.15 Å². The molecule has 0 aromatic carbocycles. The van der Waals surface area contributed by atoms with Crippen LogP contribution in [0.3, 0.4) is 0 Å². The monoisotopic (exact) mass is 302 g/mol. The third-order valence-corrected chi connectivity index (χ3v) is 4.60. The van der Waals surface area contributed by atoms with Crippen LogP contribution in [0, 0.1) is 0 Å². The maximum atomic E-state index is 5.99. The number of aromatic nitrogens is 2. The van der Waals surface area contributed by atoms with Crippen LogP contribution in [-0.4, -0.2) is 58.0 Å². The summed E-state index contributed by atoms with van der Waals surface area (Å²) in [7, 11) is 1.96. The van der Waals surface area contributed by atoms with E-state index >= 15 is 0 Å². The molecule has 0 radical (unpaired) electrons. The quantitative estimate of drug-likeness (QED) is 0.846. The Morgan fingerprint density at radius 2 is 2.27 bits per heavy atom. The number of furan rings is 1. The second-order valence-electron chi connectivity index (χ2n) is 6.24. The van der Waals surface area contributed by atoms with Crippen molar-refractivity contribution in [3.05, 3.63) is 42.1 Å². The molecular formula is C16H22N4O2. The Morgan fingerprint density at radius 3 is 3.05 bits per heavy atom. The molecule has 0 N–H and O–H groups in total. The fourth-order valence-corrected chi connectivity index (χ4v) is 3.57. The van der Waals surface area contributed by atoms with Crippen LogP contribution in [0.15, 0.2) is 35.2 Å². The van der Waals surface area contributed by atoms with Crippen LogP contribution in [0.4, 0.5) is 0 Å². The molecule has 4 heterocycles. The van der Waals surface area contributed by atoms with Crippen LogP contribution < -0.4 is 0 Å². The van der Waals surface area contributed by atoms with Gasteiger partial charge in [0, 0.05) is 45.0 Å². The number of ether oxygens (including phenoxy) is 1. The van der Waals surface area contributed by atoms with Crippen molar-refractivity contribution < 1.29 is 9.15 Å². The van der Waals surface area contributed by atoms with Crippen LogP contribution in [0.1, 0.15) is 11.3 Å². The van der Waals surface area contributed by atoms with Crippen molar-refractivity contribution in [1.29, 1.82) is 0 Å². The normalized spacial score (nSPS) is 26.4. The Balaban J connectivity index is 1.42. The topological polar surface area (TPSA) is 46.7 Å². The lowest BCUT2D eigenvalue weighted by atomic mass is 10.1. The summed E-state index contributed by atoms with van der Waals surface area (Å²) in [6.45, 7) is 5.64. The zero-order chi connectivity index (χ0) is 14.9. The SMILES string of the molecule is Cn1cc(CN2CCO[C@H]3CN(Cc4ccco4)C[C@H]32)cn1. The molecule has 0 unspecified atom stereocenters. The average molecular weight is 302 g/mol. The summed E-state index contributed by atoms with van der Waals surface area (Å²) < 4.78 is 13.3. The Morgan fingerprint density at radius 1 is 1.32 bits per heavy atom. The van der Waals surface area contributed by atoms with Crippen LogP contribution in [0.25, 0.3) is 0 Å². The summed E-state index contributed by atoms with van der Waals surface area (Å²) in [5.41, 5.74) is 1.27. The van der Waals surface area contributed by atoms with Crippen molar-refractivity contribution in [3.63, 3.8) is 0 Å². The number of rotatable bonds is 4. The minimum Gasteiger partial charge on any atom is -0.468 e. The lowest BCUT2D eigenvalue weighted by Gasteiger charge is -2.36. The van der Waals surface area contributed by atoms with Crippen molar-refractivity contribution in [1.82, 2.24) is 19.6 Å². The number of hydrogen-bond donors (Lipinski definition) is 0. The second-order valence-corrected chi connectivity index (χ2v) is 6.24. The molecule has 2 saturated heterocycles. The van der Waals surface area contributed by atoms with Gasteiger partial charge in [-0.1, -0.05) is 0 Å². The third kappa shape index (κ3) is 2.82. The fraction of sp³-hybridized carbons (Fsp3) is 0.562. The lowest BCUT2D eigenvalue weighted by molar-refractivity contribution is -0.0504. The first-order valence-corrected chi connectivity index (χ1v) is 7.86. The summed E-state index contributed by atoms with van der Waals surface area (Å²) in [4.78, 5) is 4.96. The van der Waals surface area contributed by atoms with Crippen molar-refractivity contribution in [2.24, 2.45) is 7.05 Å². The van der Waals surface area contributed by atoms with Gasteiger partial charge in [-0.25, -0.2) is 0 Å². The summed E-state index contributed by atoms with van der Waals surface area (Å²) in [6.07, 6.45) is 6.10. The van der Waals surface area contributed by atoms with Crippen LogP contribution in [-0.2, 0) is 24.9 Å². The minimum absolute atomic E-state index is 0.306. The predicted octanol–water partition coefficient (Wildman–Crippen LogP) is 1.10. The number of morpholine rings is 1. The highest BCUT2D eigenvalue weighted by atomic mass is 16.5. The van der Waals surface area contributed by atoms with E-state index in [0.29, 0.717) is 12.1 Å². The molecule has 6 heteroatoms. The van der Waals surface area contributed by atoms with Crippen LogP contribution >= 0.6 is 0 Å². The first-order valence-electron chi connectivity index (χ1n) is 7.86. The van der Waals surface area contributed by atoms with Gasteiger partial charge in [-0.2, -0.15) is 5.10 Å². The Labute approximate surface area is 130 Å². The van der Waals surface area contributed by atoms with Gasteiger partial charge in [-0.3, -0.25) is 14.5 Å². The van der Waals surface area contributed by atoms with E-state index < -0.39 is 0 Å². The van der Waals surface area contributed by atoms with Crippen molar-refractivity contribution in [2.45, 2.75) is 25.2 Å². The van der Waals surface area contributed by atoms with Gasteiger partial charge in [-0.15, -0.1) is 0 Å². The van der Waals surface area contributed by atoms with Crippen LogP contribution in [0.5, 0.6) is 0 Å². The molecule has 2 atom stereocenters. The van der Waals surface area contributed by atoms with E-state index in [-0.39, 0.29) is 0 Å². The maximum Gasteiger partial charge on any atom is 0.117 e. The van der Waals surface area contributed by atoms with Gasteiger partial charge in [-0.05, 0) is 12.1 Å². The van der Waals surface area contributed by atoms with Gasteiger partial charge in [0.25, 0.3) is 0 Å². The average Bonchev–Trinajstić information content (AvgIpc) is 3.21. The summed E-state index contributed by atoms with van der Waals surface area (Å²) in [6, 6.07) is 4.45. The minimum atomic E-state index is 0.306. The third-order valence-electron chi connectivity index (χ3n) is 4.60. The van der Waals surface area contributed by atoms with Crippen molar-refractivity contribution >= 4 is 0 Å². The molecule has 0 amide bonds. The first-order chi connectivity index (χ1) is 10.8. The molecule has 0 saturated carbocycles. The molecule has 0 spiro atoms. The highest BCUT2D eigenvalue weighted by molar-refractivity contribution is 5.06. The molecule has 2 aromatic rings. The molecule has 22 heavy (non-hydrogen) atoms. The molecule has 0 aliphatic carbocycles. The molecule has 2 fully saturated rings. The van der Waals surface area contributed by atoms with Gasteiger partial charge >= 0.3 is 0 Å². The summed E-state index contributed by atoms with van der Waals surface area (Å²) >= 11 is 0. The standard InChI is InChI=1S/C16H22N4O2/c1-18-8-13(7-17-18)9-20-4-6-22-16-12-19(11-15(16)20)10-14-3-2-5-21-14/h2-3,5,7-8,15-16H,4,6,9-12H2,1H3/t15-,16+/m1/s1. The molecule has 2 aliphatic heterocycles. The van der Waals surface area contributed by atoms with Gasteiger partial charge in [0.1, 0.15) is 5.76 Å². The largest absolute Gasteiger partial charge is 0.468 e. The molecular weight excluding hydrogens is 280 g/mol. The number of likely N-dealkylation sites (tertiary alicyclic amines) is 1. The highest BCUT2D eigenvalue weighted by Gasteiger charge is 2.40. The van der Waals surface area contributed by atoms with E-state index in [2.05, 4.69) is 21.1 Å². The molecule has 0 bridgehead atoms. The van der Waals surface area contributed by atoms with E-state index in [0.717, 1.165) is 45.1 Å². The Bertz CT molecular complexity index is 609. The van der Waals surface area contributed by atoms with E-state index in [9.17, 15) is 0 Å². The smallest absolute Gasteiger partial charge is 0.117 e. The zero-order valence-corrected chi connectivity index (χ0v) is 12.9. The molecule has 4 rings (SSSR count). The van der Waals surface area contributed by atoms with Gasteiger partial charge in [0.2, 0.25) is 0 Å². The highest BCUT2D eigenvalue weighted by Crippen LogP contribution is 2.25. The summed E-state index contributed by atoms with van der Waals surface area (Å²) in [5.74, 6) is 1.03. The van der Waals surface area contributed by atoms with Crippen molar-refractivity contribution in [2.75, 3.05) is 26.2 Å². The fourth-order valence-electron chi connectivity index (χ4n) is 3.57. The van der Waals surface area contributed by atoms with Gasteiger partial charge < -0.3 is 9.15 Å². The lowest BCUT2D eigenvalue weighted by Crippen LogP contribution is -2.50. The molecule has 6 nitrogen and oxygen atoms in total. The molecule has 2 aliphatic rings. The van der Waals surface area contributed by atoms with E-state index in [1.165, 1.54) is 5.56 Å². The molecule has 118 valence electrons. The first kappa shape index (κ1) is 14.0. The number of hydrogen-bond acceptors (Lipinski definition) is 5. The number of aryl methyl sites for hydroxylation is 1. The van der Waals surface area contributed by atoms with Gasteiger partial charge in [0.05, 0.1) is 37.8 Å². The van der Waals surface area contributed by atoms with E-state index in [1.807, 2.05) is 30.1 Å². The molecule has 2 aromatic heterocycles. The number of fused-ring (bicyclic) bond motifs is 1. The predicted molar refractivity (Wildman–Crippen MR) is 81.1 cm³/mol. The number of nitrogens with zero attached hydrogens (tertiary/aromatic N) is 4. The summed E-state index contributed by atoms with van der Waals surface area (Å²) in [5, 5.41) is 4.27. The maximum absolute atomic E-state index is 5.99. The van der Waals surface area contributed by atoms with E-state index in [1.54, 1.807) is 6.26 Å². The van der Waals surface area contributed by atoms with Gasteiger partial charge in [0.15, 0.2) is 0 Å². The Hall–Kier alpha value is -1.63. The zero-order valence-electron chi connectivity index (χ0n) is 12.9.